The van der Waals surface area contributed by atoms with Crippen LogP contribution in [0.3, 0.4) is 0 Å². The fourth-order valence-corrected chi connectivity index (χ4v) is 20.6. The first-order chi connectivity index (χ1) is 74.1. The number of amides is 2. The number of aromatic amines is 8. The van der Waals surface area contributed by atoms with Crippen LogP contribution in [0.1, 0.15) is 100 Å². The first-order valence-electron chi connectivity index (χ1n) is 50.3. The van der Waals surface area contributed by atoms with Crippen molar-refractivity contribution in [1.29, 1.82) is 0 Å². The number of benzene rings is 5. The van der Waals surface area contributed by atoms with Crippen LogP contribution < -0.4 is 21.3 Å². The number of nitrogens with zero attached hydrogens (tertiary/aromatic N) is 16. The van der Waals surface area contributed by atoms with Crippen molar-refractivity contribution in [2.45, 2.75) is 103 Å². The molecule has 3 aliphatic carbocycles. The molecule has 0 aliphatic heterocycles. The molecule has 150 heavy (non-hydrogen) atoms. The van der Waals surface area contributed by atoms with Crippen LogP contribution in [0.25, 0.3) is 223 Å². The van der Waals surface area contributed by atoms with Crippen LogP contribution >= 0.6 is 0 Å². The molecule has 28 rings (SSSR count). The fourth-order valence-electron chi connectivity index (χ4n) is 20.6. The lowest BCUT2D eigenvalue weighted by Gasteiger charge is -2.20. The monoisotopic (exact) mass is 1980 g/mol. The number of carbonyl (C=O) groups excluding carboxylic acids is 2. The van der Waals surface area contributed by atoms with Crippen molar-refractivity contribution < 1.29 is 27.3 Å². The van der Waals surface area contributed by atoms with Crippen LogP contribution in [-0.2, 0) is 29.2 Å². The zero-order chi connectivity index (χ0) is 100. The maximum absolute atomic E-state index is 12.8. The number of H-pyrrole nitrogens is 8. The van der Waals surface area contributed by atoms with Gasteiger partial charge in [-0.05, 0) is 187 Å². The highest BCUT2D eigenvalue weighted by molar-refractivity contribution is 6.04. The molecule has 3 fully saturated rings. The van der Waals surface area contributed by atoms with E-state index in [4.69, 9.17) is 37.6 Å². The topological polar surface area (TPSA) is 467 Å². The molecule has 0 spiro atoms. The van der Waals surface area contributed by atoms with Gasteiger partial charge in [0.15, 0.2) is 23.3 Å². The molecule has 20 aromatic heterocycles. The molecule has 12 N–H and O–H groups in total. The highest BCUT2D eigenvalue weighted by Crippen LogP contribution is 2.42. The zero-order valence-corrected chi connectivity index (χ0v) is 81.1. The molecule has 25 aromatic rings. The van der Waals surface area contributed by atoms with Crippen molar-refractivity contribution in [1.82, 2.24) is 131 Å². The van der Waals surface area contributed by atoms with E-state index in [2.05, 4.69) is 201 Å². The van der Waals surface area contributed by atoms with Crippen molar-refractivity contribution in [2.24, 2.45) is 17.8 Å². The zero-order valence-electron chi connectivity index (χ0n) is 81.1. The van der Waals surface area contributed by atoms with Gasteiger partial charge in [0.25, 0.3) is 0 Å². The van der Waals surface area contributed by atoms with Gasteiger partial charge >= 0.3 is 0 Å². The molecule has 3 aliphatic rings. The van der Waals surface area contributed by atoms with Gasteiger partial charge in [-0.2, -0.15) is 20.4 Å². The summed E-state index contributed by atoms with van der Waals surface area (Å²) < 4.78 is 21.1. The molecular weight excluding hydrogens is 1880 g/mol. The Bertz CT molecular complexity index is 9130. The van der Waals surface area contributed by atoms with Gasteiger partial charge in [-0.15, -0.1) is 0 Å². The summed E-state index contributed by atoms with van der Waals surface area (Å²) in [6.45, 7) is 3.47. The summed E-state index contributed by atoms with van der Waals surface area (Å²) in [5.41, 5.74) is 33.6. The van der Waals surface area contributed by atoms with Crippen molar-refractivity contribution in [2.75, 3.05) is 17.2 Å². The third-order valence-electron chi connectivity index (χ3n) is 28.4. The summed E-state index contributed by atoms with van der Waals surface area (Å²) in [5.74, 6) is 3.84. The lowest BCUT2D eigenvalue weighted by Crippen LogP contribution is -2.24. The quantitative estimate of drug-likeness (QED) is 0.0267. The van der Waals surface area contributed by atoms with Gasteiger partial charge in [0.1, 0.15) is 44.8 Å². The number of fused-ring (bicyclic) bond motifs is 8. The van der Waals surface area contributed by atoms with Crippen molar-refractivity contribution >= 4 is 111 Å². The number of carbonyl (C=O) groups is 2. The molecule has 5 aromatic carbocycles. The van der Waals surface area contributed by atoms with Gasteiger partial charge in [0.05, 0.1) is 143 Å². The summed E-state index contributed by atoms with van der Waals surface area (Å²) >= 11 is 0. The lowest BCUT2D eigenvalue weighted by atomic mass is 9.88. The number of aromatic nitrogens is 24. The highest BCUT2D eigenvalue weighted by Gasteiger charge is 2.28. The van der Waals surface area contributed by atoms with Gasteiger partial charge < -0.3 is 58.9 Å². The number of hydrogen-bond donors (Lipinski definition) is 12. The molecule has 34 nitrogen and oxygen atoms in total. The Morgan fingerprint density at radius 2 is 0.593 bits per heavy atom. The summed E-state index contributed by atoms with van der Waals surface area (Å²) in [4.78, 5) is 93.7. The Labute approximate surface area is 855 Å². The minimum absolute atomic E-state index is 0.0817. The molecule has 0 saturated heterocycles. The average molecular weight is 1980 g/mol. The predicted octanol–water partition coefficient (Wildman–Crippen LogP) is 24.5. The van der Waals surface area contributed by atoms with Crippen molar-refractivity contribution in [3.05, 3.63) is 318 Å². The average Bonchev–Trinajstić information content (AvgIpc) is 1.62. The van der Waals surface area contributed by atoms with E-state index in [1.807, 2.05) is 97.6 Å². The third kappa shape index (κ3) is 19.3. The number of imidazole rings is 4. The van der Waals surface area contributed by atoms with Crippen LogP contribution in [0.5, 0.6) is 0 Å². The maximum Gasteiger partial charge on any atom is 0.227 e. The van der Waals surface area contributed by atoms with E-state index in [-0.39, 0.29) is 23.7 Å². The molecule has 3 saturated carbocycles. The lowest BCUT2D eigenvalue weighted by molar-refractivity contribution is -0.121. The Morgan fingerprint density at radius 3 is 0.940 bits per heavy atom. The SMILES string of the molecule is O=C(Nc1cncc(-c2ccc3[nH]nc(-c4nc5c(-c6ccoc6)cncc5[nH]4)c3c2)c1)C1CCCC1.O=C(Nc1cncc(-c2ccc3[nH]nc(-c4nc5c(-c6ccoc6)cncc5[nH]4)c3c2)c1)C1CCCCC1.c1cc(-c2cncc3[nH]c(-c4n[nH]c5ccc(-c6cncc(CNCC7CCCC7)c6)cc45)nc23)co1.c1ccc(CNCc2cncc(-c3ccc4[nH]nc(-c5nc6c(-c7ccoc7)cncc6[nH]5)c4c3)c2)cc1. The van der Waals surface area contributed by atoms with E-state index in [0.717, 1.165) is 277 Å². The molecule has 34 heteroatoms. The van der Waals surface area contributed by atoms with Gasteiger partial charge in [0.2, 0.25) is 11.8 Å². The molecule has 0 radical (unpaired) electrons. The second-order valence-corrected chi connectivity index (χ2v) is 38.3. The van der Waals surface area contributed by atoms with Gasteiger partial charge in [-0.3, -0.25) is 69.9 Å². The first-order valence-corrected chi connectivity index (χ1v) is 50.3. The van der Waals surface area contributed by atoms with Crippen LogP contribution in [-0.4, -0.2) is 139 Å². The smallest absolute Gasteiger partial charge is 0.227 e. The molecule has 0 bridgehead atoms. The summed E-state index contributed by atoms with van der Waals surface area (Å²) in [5, 5.41) is 47.9. The minimum Gasteiger partial charge on any atom is -0.472 e. The van der Waals surface area contributed by atoms with Gasteiger partial charge in [-0.1, -0.05) is 99.5 Å². The Hall–Kier alpha value is -19.0. The highest BCUT2D eigenvalue weighted by atomic mass is 16.3. The number of rotatable bonds is 24. The summed E-state index contributed by atoms with van der Waals surface area (Å²) in [7, 11) is 0. The molecule has 738 valence electrons. The summed E-state index contributed by atoms with van der Waals surface area (Å²) in [6, 6.07) is 51.1. The van der Waals surface area contributed by atoms with Gasteiger partial charge in [-0.25, -0.2) is 19.9 Å². The van der Waals surface area contributed by atoms with Crippen LogP contribution in [0.4, 0.5) is 11.4 Å². The number of furan rings is 4. The minimum atomic E-state index is 0.0817. The fraction of sp³-hybridized carbons (Fsp3) is 0.172. The van der Waals surface area contributed by atoms with Crippen molar-refractivity contribution in [3.8, 4) is 135 Å². The van der Waals surface area contributed by atoms with E-state index >= 15 is 0 Å². The second-order valence-electron chi connectivity index (χ2n) is 38.3. The normalized spacial score (nSPS) is 13.5. The third-order valence-corrected chi connectivity index (χ3v) is 28.4. The molecule has 0 unspecified atom stereocenters. The Morgan fingerprint density at radius 1 is 0.280 bits per heavy atom. The molecule has 20 heterocycles. The Kier molecular flexibility index (Phi) is 25.4. The van der Waals surface area contributed by atoms with E-state index in [9.17, 15) is 9.59 Å². The van der Waals surface area contributed by atoms with E-state index < -0.39 is 0 Å². The van der Waals surface area contributed by atoms with E-state index in [1.54, 1.807) is 124 Å². The van der Waals surface area contributed by atoms with E-state index in [1.165, 1.54) is 43.2 Å². The number of nitrogens with one attached hydrogen (secondary N) is 12. The molecular formula is C116H98N28O6. The van der Waals surface area contributed by atoms with Crippen molar-refractivity contribution in [3.63, 3.8) is 0 Å². The first kappa shape index (κ1) is 92.2. The van der Waals surface area contributed by atoms with Crippen LogP contribution in [0.2, 0.25) is 0 Å². The molecule has 2 amide bonds. The number of hydrogen-bond acceptors (Lipinski definition) is 24. The predicted molar refractivity (Wildman–Crippen MR) is 576 cm³/mol. The number of anilines is 2. The van der Waals surface area contributed by atoms with Crippen LogP contribution in [0.15, 0.2) is 319 Å². The van der Waals surface area contributed by atoms with Gasteiger partial charge in [0, 0.05) is 182 Å². The Balaban J connectivity index is 0.000000104. The maximum atomic E-state index is 12.8. The number of pyridine rings is 8. The largest absolute Gasteiger partial charge is 0.472 e. The summed E-state index contributed by atoms with van der Waals surface area (Å²) in [6.07, 6.45) is 57.2. The van der Waals surface area contributed by atoms with E-state index in [0.29, 0.717) is 46.1 Å². The van der Waals surface area contributed by atoms with Crippen LogP contribution in [0, 0.1) is 17.8 Å². The standard InChI is InChI=1S/C30H23N7O.C29H25N7O2.C29H27N7O.C28H23N7O2/c1-2-4-19(5-3-1)12-31-13-20-10-23(15-32-14-20)21-6-7-26-24(11-21)29(37-36-26)30-34-27-17-33-16-25(28(27)35-30)22-8-9-38-18-22;37-29(17-4-2-1-3-5-17)32-21-10-20(12-30-13-21)18-6-7-24-22(11-18)27(36-35-24)28-33-25-15-31-14-23(26(25)34-28)19-8-9-38-16-19;1-2-4-18(3-1)11-30-12-19-9-22(14-31-13-19)20-5-6-25-23(10-20)28(36-35-25)29-33-26-16-32-15-24(27(26)34-29)21-7-8-37-17-21;36-28(16-3-1-2-4-16)31-20-9-19(11-29-12-20)17-5-6-23-21(10-17)26(35-34-23)27-32-24-14-30-13-22(25(24)33-27)18-7-8-37-15-18/h1-11,14-18,31H,12-13H2,(H,34,35)(H,36,37);6-17H,1-5H2,(H,32,37)(H,33,34)(H,35,36);5-10,13-18,30H,1-4,11-12H2,(H,33,34)(H,35,36);5-16H,1-4H2,(H,31,36)(H,32,33)(H,34,35). The molecule has 0 atom stereocenters. The second kappa shape index (κ2) is 41.3.